The summed E-state index contributed by atoms with van der Waals surface area (Å²) in [5, 5.41) is 0. The van der Waals surface area contributed by atoms with Gasteiger partial charge in [-0.2, -0.15) is 8.75 Å². The third kappa shape index (κ3) is 5.29. The summed E-state index contributed by atoms with van der Waals surface area (Å²) in [7, 11) is 2.09. The molecule has 0 atom stereocenters. The van der Waals surface area contributed by atoms with E-state index in [0.717, 1.165) is 24.1 Å². The number of benzene rings is 2. The second-order valence-electron chi connectivity index (χ2n) is 7.19. The van der Waals surface area contributed by atoms with Gasteiger partial charge in [0.1, 0.15) is 16.8 Å². The summed E-state index contributed by atoms with van der Waals surface area (Å²) in [5.74, 6) is 0.712. The fourth-order valence-corrected chi connectivity index (χ4v) is 3.86. The zero-order chi connectivity index (χ0) is 20.1. The Morgan fingerprint density at radius 3 is 2.55 bits per heavy atom. The SMILES string of the molecule is CN(Cc1ccc(OCC(=O)N2CCOCC2)cc1)Cc1ccc2nsnc2c1. The van der Waals surface area contributed by atoms with Gasteiger partial charge in [-0.25, -0.2) is 0 Å². The lowest BCUT2D eigenvalue weighted by Gasteiger charge is -2.26. The lowest BCUT2D eigenvalue weighted by atomic mass is 10.1. The number of hydrogen-bond donors (Lipinski definition) is 0. The Kier molecular flexibility index (Phi) is 6.33. The van der Waals surface area contributed by atoms with Crippen molar-refractivity contribution in [3.63, 3.8) is 0 Å². The predicted octanol–water partition coefficient (Wildman–Crippen LogP) is 2.56. The largest absolute Gasteiger partial charge is 0.484 e. The number of rotatable bonds is 7. The van der Waals surface area contributed by atoms with Crippen molar-refractivity contribution in [1.82, 2.24) is 18.5 Å². The highest BCUT2D eigenvalue weighted by Gasteiger charge is 2.17. The zero-order valence-corrected chi connectivity index (χ0v) is 17.2. The zero-order valence-electron chi connectivity index (χ0n) is 16.4. The van der Waals surface area contributed by atoms with Crippen LogP contribution in [0.4, 0.5) is 0 Å². The summed E-state index contributed by atoms with van der Waals surface area (Å²) >= 11 is 1.24. The first-order valence-electron chi connectivity index (χ1n) is 9.64. The van der Waals surface area contributed by atoms with Crippen molar-refractivity contribution in [3.8, 4) is 5.75 Å². The van der Waals surface area contributed by atoms with Gasteiger partial charge < -0.3 is 14.4 Å². The molecule has 0 spiro atoms. The highest BCUT2D eigenvalue weighted by atomic mass is 32.1. The fourth-order valence-electron chi connectivity index (χ4n) is 3.35. The molecule has 2 aromatic carbocycles. The normalized spacial score (nSPS) is 14.5. The maximum absolute atomic E-state index is 12.2. The predicted molar refractivity (Wildman–Crippen MR) is 112 cm³/mol. The fraction of sp³-hybridized carbons (Fsp3) is 0.381. The molecule has 152 valence electrons. The average molecular weight is 413 g/mol. The van der Waals surface area contributed by atoms with Crippen LogP contribution in [0.3, 0.4) is 0 Å². The lowest BCUT2D eigenvalue weighted by molar-refractivity contribution is -0.137. The van der Waals surface area contributed by atoms with Crippen LogP contribution in [0, 0.1) is 0 Å². The average Bonchev–Trinajstić information content (AvgIpc) is 3.21. The molecule has 1 saturated heterocycles. The number of nitrogens with zero attached hydrogens (tertiary/aromatic N) is 4. The van der Waals surface area contributed by atoms with Gasteiger partial charge in [0.05, 0.1) is 24.9 Å². The van der Waals surface area contributed by atoms with E-state index < -0.39 is 0 Å². The molecule has 0 radical (unpaired) electrons. The number of ether oxygens (including phenoxy) is 2. The van der Waals surface area contributed by atoms with Crippen LogP contribution in [-0.2, 0) is 22.6 Å². The van der Waals surface area contributed by atoms with Crippen LogP contribution in [0.1, 0.15) is 11.1 Å². The van der Waals surface area contributed by atoms with E-state index in [-0.39, 0.29) is 12.5 Å². The molecule has 0 N–H and O–H groups in total. The number of fused-ring (bicyclic) bond motifs is 1. The van der Waals surface area contributed by atoms with Crippen LogP contribution < -0.4 is 4.74 Å². The molecule has 4 rings (SSSR count). The molecule has 0 bridgehead atoms. The first-order chi connectivity index (χ1) is 14.2. The van der Waals surface area contributed by atoms with Crippen LogP contribution in [0.15, 0.2) is 42.5 Å². The summed E-state index contributed by atoms with van der Waals surface area (Å²) in [6.07, 6.45) is 0. The molecular weight excluding hydrogens is 388 g/mol. The molecule has 29 heavy (non-hydrogen) atoms. The minimum absolute atomic E-state index is 0.00407. The Bertz CT molecular complexity index is 954. The van der Waals surface area contributed by atoms with E-state index in [1.54, 1.807) is 4.90 Å². The second kappa shape index (κ2) is 9.30. The van der Waals surface area contributed by atoms with Crippen molar-refractivity contribution in [2.24, 2.45) is 0 Å². The Balaban J connectivity index is 1.26. The molecule has 3 aromatic rings. The molecule has 8 heteroatoms. The van der Waals surface area contributed by atoms with Crippen molar-refractivity contribution in [1.29, 1.82) is 0 Å². The minimum Gasteiger partial charge on any atom is -0.484 e. The number of amides is 1. The number of carbonyl (C=O) groups is 1. The Hall–Kier alpha value is -2.55. The number of hydrogen-bond acceptors (Lipinski definition) is 7. The van der Waals surface area contributed by atoms with Crippen molar-refractivity contribution in [2.75, 3.05) is 40.0 Å². The highest BCUT2D eigenvalue weighted by Crippen LogP contribution is 2.17. The molecule has 1 aromatic heterocycles. The van der Waals surface area contributed by atoms with E-state index in [4.69, 9.17) is 9.47 Å². The maximum Gasteiger partial charge on any atom is 0.260 e. The molecule has 0 unspecified atom stereocenters. The maximum atomic E-state index is 12.2. The highest BCUT2D eigenvalue weighted by molar-refractivity contribution is 7.00. The van der Waals surface area contributed by atoms with E-state index in [1.807, 2.05) is 30.3 Å². The summed E-state index contributed by atoms with van der Waals surface area (Å²) in [6, 6.07) is 14.1. The van der Waals surface area contributed by atoms with Gasteiger partial charge in [0.15, 0.2) is 6.61 Å². The van der Waals surface area contributed by atoms with Crippen molar-refractivity contribution in [2.45, 2.75) is 13.1 Å². The molecule has 1 aliphatic rings. The van der Waals surface area contributed by atoms with E-state index in [2.05, 4.69) is 32.8 Å². The monoisotopic (exact) mass is 412 g/mol. The van der Waals surface area contributed by atoms with Gasteiger partial charge in [-0.15, -0.1) is 0 Å². The quantitative estimate of drug-likeness (QED) is 0.594. The Labute approximate surface area is 174 Å². The van der Waals surface area contributed by atoms with Gasteiger partial charge in [0.25, 0.3) is 5.91 Å². The summed E-state index contributed by atoms with van der Waals surface area (Å²) in [5.41, 5.74) is 4.31. The topological polar surface area (TPSA) is 67.8 Å². The molecule has 0 aliphatic carbocycles. The van der Waals surface area contributed by atoms with Crippen LogP contribution in [0.25, 0.3) is 11.0 Å². The molecule has 0 saturated carbocycles. The summed E-state index contributed by atoms with van der Waals surface area (Å²) < 4.78 is 19.5. The van der Waals surface area contributed by atoms with Gasteiger partial charge in [0.2, 0.25) is 0 Å². The minimum atomic E-state index is 0.00407. The first-order valence-corrected chi connectivity index (χ1v) is 10.4. The van der Waals surface area contributed by atoms with E-state index in [0.29, 0.717) is 32.1 Å². The van der Waals surface area contributed by atoms with Crippen LogP contribution in [0.2, 0.25) is 0 Å². The number of carbonyl (C=O) groups excluding carboxylic acids is 1. The standard InChI is InChI=1S/C21H24N4O3S/c1-24(14-17-4-7-19-20(12-17)23-29-22-19)13-16-2-5-18(6-3-16)28-15-21(26)25-8-10-27-11-9-25/h2-7,12H,8-11,13-15H2,1H3. The summed E-state index contributed by atoms with van der Waals surface area (Å²) in [6.45, 7) is 4.19. The van der Waals surface area contributed by atoms with Gasteiger partial charge >= 0.3 is 0 Å². The third-order valence-electron chi connectivity index (χ3n) is 4.87. The molecule has 1 aliphatic heterocycles. The van der Waals surface area contributed by atoms with Gasteiger partial charge in [-0.05, 0) is 42.4 Å². The van der Waals surface area contributed by atoms with Crippen LogP contribution >= 0.6 is 11.7 Å². The number of aromatic nitrogens is 2. The third-order valence-corrected chi connectivity index (χ3v) is 5.43. The lowest BCUT2D eigenvalue weighted by Crippen LogP contribution is -2.42. The molecule has 7 nitrogen and oxygen atoms in total. The van der Waals surface area contributed by atoms with Crippen molar-refractivity contribution < 1.29 is 14.3 Å². The summed E-state index contributed by atoms with van der Waals surface area (Å²) in [4.78, 5) is 16.2. The van der Waals surface area contributed by atoms with Gasteiger partial charge in [0, 0.05) is 26.2 Å². The molecule has 1 amide bonds. The van der Waals surface area contributed by atoms with Crippen LogP contribution in [-0.4, -0.2) is 64.4 Å². The molecule has 2 heterocycles. The van der Waals surface area contributed by atoms with Crippen molar-refractivity contribution >= 4 is 28.7 Å². The first kappa shape index (κ1) is 19.8. The van der Waals surface area contributed by atoms with Crippen molar-refractivity contribution in [3.05, 3.63) is 53.6 Å². The van der Waals surface area contributed by atoms with E-state index in [9.17, 15) is 4.79 Å². The van der Waals surface area contributed by atoms with Crippen LogP contribution in [0.5, 0.6) is 5.75 Å². The van der Waals surface area contributed by atoms with E-state index >= 15 is 0 Å². The van der Waals surface area contributed by atoms with E-state index in [1.165, 1.54) is 22.9 Å². The number of morpholine rings is 1. The van der Waals surface area contributed by atoms with Gasteiger partial charge in [-0.1, -0.05) is 18.2 Å². The Morgan fingerprint density at radius 2 is 1.76 bits per heavy atom. The molecular formula is C21H24N4O3S. The molecule has 1 fully saturated rings. The second-order valence-corrected chi connectivity index (χ2v) is 7.71. The van der Waals surface area contributed by atoms with Gasteiger partial charge in [-0.3, -0.25) is 9.69 Å². The smallest absolute Gasteiger partial charge is 0.260 e. The Morgan fingerprint density at radius 1 is 1.07 bits per heavy atom.